The fraction of sp³-hybridized carbons (Fsp3) is 0.391. The number of benzene rings is 2. The van der Waals surface area contributed by atoms with E-state index in [1.807, 2.05) is 0 Å². The highest BCUT2D eigenvalue weighted by atomic mass is 32.2. The van der Waals surface area contributed by atoms with Gasteiger partial charge < -0.3 is 10.6 Å². The Hall–Kier alpha value is -2.78. The topological polar surface area (TPSA) is 95.6 Å². The molecule has 0 spiro atoms. The van der Waals surface area contributed by atoms with E-state index >= 15 is 0 Å². The van der Waals surface area contributed by atoms with Crippen LogP contribution in [0, 0.1) is 25.6 Å². The Morgan fingerprint density at radius 3 is 2.34 bits per heavy atom. The number of carbonyl (C=O) groups excluding carboxylic acids is 2. The third-order valence-electron chi connectivity index (χ3n) is 5.94. The number of nitrogens with zero attached hydrogens (tertiary/aromatic N) is 1. The van der Waals surface area contributed by atoms with Gasteiger partial charge in [0.2, 0.25) is 10.0 Å². The molecule has 0 unspecified atom stereocenters. The second kappa shape index (κ2) is 9.38. The van der Waals surface area contributed by atoms with Gasteiger partial charge in [0.15, 0.2) is 0 Å². The summed E-state index contributed by atoms with van der Waals surface area (Å²) in [5.74, 6) is -1.39. The molecule has 1 saturated heterocycles. The van der Waals surface area contributed by atoms with E-state index < -0.39 is 27.7 Å². The molecule has 2 N–H and O–H groups in total. The van der Waals surface area contributed by atoms with Crippen LogP contribution >= 0.6 is 0 Å². The van der Waals surface area contributed by atoms with Crippen molar-refractivity contribution in [2.75, 3.05) is 25.5 Å². The number of amides is 2. The predicted octanol–water partition coefficient (Wildman–Crippen LogP) is 3.48. The van der Waals surface area contributed by atoms with Gasteiger partial charge in [0.25, 0.3) is 11.8 Å². The number of nitrogens with one attached hydrogen (secondary N) is 2. The third kappa shape index (κ3) is 4.83. The van der Waals surface area contributed by atoms with Gasteiger partial charge >= 0.3 is 0 Å². The molecule has 2 aromatic carbocycles. The maximum atomic E-state index is 13.9. The van der Waals surface area contributed by atoms with Gasteiger partial charge in [-0.05, 0) is 74.1 Å². The van der Waals surface area contributed by atoms with Crippen LogP contribution in [-0.4, -0.2) is 44.7 Å². The second-order valence-corrected chi connectivity index (χ2v) is 10.1. The highest BCUT2D eigenvalue weighted by molar-refractivity contribution is 7.89. The van der Waals surface area contributed by atoms with Crippen LogP contribution in [0.5, 0.6) is 0 Å². The minimum atomic E-state index is -3.74. The van der Waals surface area contributed by atoms with Crippen molar-refractivity contribution in [2.45, 2.75) is 38.5 Å². The number of aryl methyl sites for hydroxylation is 1. The summed E-state index contributed by atoms with van der Waals surface area (Å²) in [5, 5.41) is 4.96. The van der Waals surface area contributed by atoms with Crippen LogP contribution in [0.15, 0.2) is 35.2 Å². The number of piperidine rings is 1. The van der Waals surface area contributed by atoms with Crippen LogP contribution in [0.1, 0.15) is 51.6 Å². The first-order valence-electron chi connectivity index (χ1n) is 10.5. The van der Waals surface area contributed by atoms with Crippen molar-refractivity contribution in [1.82, 2.24) is 9.62 Å². The first kappa shape index (κ1) is 23.9. The zero-order valence-electron chi connectivity index (χ0n) is 18.7. The van der Waals surface area contributed by atoms with E-state index in [4.69, 9.17) is 0 Å². The maximum Gasteiger partial charge on any atom is 0.255 e. The largest absolute Gasteiger partial charge is 0.355 e. The van der Waals surface area contributed by atoms with Crippen molar-refractivity contribution in [3.8, 4) is 0 Å². The van der Waals surface area contributed by atoms with Gasteiger partial charge in [-0.25, -0.2) is 12.8 Å². The number of sulfonamides is 1. The SMILES string of the molecule is CNC(=O)c1cc(NC(=O)c2cc(C)c(C)c(S(=O)(=O)N3CCC(C)CC3)c2)ccc1F. The molecule has 1 fully saturated rings. The van der Waals surface area contributed by atoms with Crippen LogP contribution in [-0.2, 0) is 10.0 Å². The number of carbonyl (C=O) groups is 2. The molecular formula is C23H28FN3O4S. The zero-order valence-corrected chi connectivity index (χ0v) is 19.5. The van der Waals surface area contributed by atoms with Crippen LogP contribution in [0.2, 0.25) is 0 Å². The molecule has 0 radical (unpaired) electrons. The Labute approximate surface area is 188 Å². The summed E-state index contributed by atoms with van der Waals surface area (Å²) in [6, 6.07) is 6.67. The Morgan fingerprint density at radius 2 is 1.72 bits per heavy atom. The average Bonchev–Trinajstić information content (AvgIpc) is 2.76. The summed E-state index contributed by atoms with van der Waals surface area (Å²) in [4.78, 5) is 24.8. The van der Waals surface area contributed by atoms with Crippen molar-refractivity contribution < 1.29 is 22.4 Å². The zero-order chi connectivity index (χ0) is 23.6. The molecule has 2 amide bonds. The van der Waals surface area contributed by atoms with Crippen molar-refractivity contribution in [3.05, 3.63) is 58.4 Å². The summed E-state index contributed by atoms with van der Waals surface area (Å²) in [6.07, 6.45) is 1.60. The Bertz CT molecular complexity index is 1160. The first-order valence-corrected chi connectivity index (χ1v) is 11.9. The highest BCUT2D eigenvalue weighted by Gasteiger charge is 2.30. The molecule has 7 nitrogen and oxygen atoms in total. The van der Waals surface area contributed by atoms with Gasteiger partial charge in [-0.3, -0.25) is 9.59 Å². The molecule has 1 aliphatic heterocycles. The van der Waals surface area contributed by atoms with E-state index in [2.05, 4.69) is 17.6 Å². The molecule has 0 atom stereocenters. The minimum Gasteiger partial charge on any atom is -0.355 e. The number of halogens is 1. The van der Waals surface area contributed by atoms with Crippen molar-refractivity contribution in [2.24, 2.45) is 5.92 Å². The molecular weight excluding hydrogens is 433 g/mol. The monoisotopic (exact) mass is 461 g/mol. The molecule has 0 saturated carbocycles. The second-order valence-electron chi connectivity index (χ2n) is 8.23. The van der Waals surface area contributed by atoms with E-state index in [1.54, 1.807) is 19.9 Å². The number of anilines is 1. The predicted molar refractivity (Wildman–Crippen MR) is 121 cm³/mol. The molecule has 172 valence electrons. The van der Waals surface area contributed by atoms with E-state index in [0.717, 1.165) is 18.9 Å². The van der Waals surface area contributed by atoms with Crippen molar-refractivity contribution in [1.29, 1.82) is 0 Å². The standard InChI is InChI=1S/C23H28FN3O4S/c1-14-7-9-27(10-8-14)32(30,31)21-12-17(11-15(2)16(21)3)22(28)26-18-5-6-20(24)19(13-18)23(29)25-4/h5-6,11-14H,7-10H2,1-4H3,(H,25,29)(H,26,28). The molecule has 1 aliphatic rings. The molecule has 3 rings (SSSR count). The minimum absolute atomic E-state index is 0.113. The van der Waals surface area contributed by atoms with Gasteiger partial charge in [-0.1, -0.05) is 6.92 Å². The Morgan fingerprint density at radius 1 is 1.06 bits per heavy atom. The van der Waals surface area contributed by atoms with Gasteiger partial charge in [0.1, 0.15) is 5.82 Å². The lowest BCUT2D eigenvalue weighted by molar-refractivity contribution is 0.0957. The van der Waals surface area contributed by atoms with E-state index in [-0.39, 0.29) is 21.7 Å². The Balaban J connectivity index is 1.92. The van der Waals surface area contributed by atoms with Crippen LogP contribution < -0.4 is 10.6 Å². The fourth-order valence-electron chi connectivity index (χ4n) is 3.71. The molecule has 9 heteroatoms. The van der Waals surface area contributed by atoms with Gasteiger partial charge in [-0.2, -0.15) is 4.31 Å². The fourth-order valence-corrected chi connectivity index (χ4v) is 5.50. The first-order chi connectivity index (χ1) is 15.0. The average molecular weight is 462 g/mol. The van der Waals surface area contributed by atoms with Gasteiger partial charge in [0.05, 0.1) is 10.5 Å². The smallest absolute Gasteiger partial charge is 0.255 e. The molecule has 1 heterocycles. The highest BCUT2D eigenvalue weighted by Crippen LogP contribution is 2.28. The number of hydrogen-bond donors (Lipinski definition) is 2. The number of hydrogen-bond acceptors (Lipinski definition) is 4. The van der Waals surface area contributed by atoms with Crippen molar-refractivity contribution in [3.63, 3.8) is 0 Å². The Kier molecular flexibility index (Phi) is 7.00. The van der Waals surface area contributed by atoms with E-state index in [9.17, 15) is 22.4 Å². The van der Waals surface area contributed by atoms with Crippen LogP contribution in [0.3, 0.4) is 0 Å². The van der Waals surface area contributed by atoms with E-state index in [0.29, 0.717) is 30.1 Å². The number of rotatable bonds is 5. The summed E-state index contributed by atoms with van der Waals surface area (Å²) < 4.78 is 42.0. The normalized spacial score (nSPS) is 15.4. The lowest BCUT2D eigenvalue weighted by Gasteiger charge is -2.30. The van der Waals surface area contributed by atoms with Gasteiger partial charge in [0, 0.05) is 31.4 Å². The van der Waals surface area contributed by atoms with Crippen molar-refractivity contribution >= 4 is 27.5 Å². The lowest BCUT2D eigenvalue weighted by Crippen LogP contribution is -2.38. The molecule has 0 bridgehead atoms. The van der Waals surface area contributed by atoms with E-state index in [1.165, 1.54) is 29.6 Å². The molecule has 2 aromatic rings. The molecule has 0 aromatic heterocycles. The maximum absolute atomic E-state index is 13.9. The molecule has 0 aliphatic carbocycles. The lowest BCUT2D eigenvalue weighted by atomic mass is 10.0. The summed E-state index contributed by atoms with van der Waals surface area (Å²) in [6.45, 7) is 6.50. The summed E-state index contributed by atoms with van der Waals surface area (Å²) in [5.41, 5.74) is 1.47. The quantitative estimate of drug-likeness (QED) is 0.713. The van der Waals surface area contributed by atoms with Gasteiger partial charge in [-0.15, -0.1) is 0 Å². The summed E-state index contributed by atoms with van der Waals surface area (Å²) in [7, 11) is -2.36. The van der Waals surface area contributed by atoms with Crippen LogP contribution in [0.25, 0.3) is 0 Å². The molecule has 32 heavy (non-hydrogen) atoms. The third-order valence-corrected chi connectivity index (χ3v) is 7.96. The summed E-state index contributed by atoms with van der Waals surface area (Å²) >= 11 is 0. The van der Waals surface area contributed by atoms with Crippen LogP contribution in [0.4, 0.5) is 10.1 Å².